The van der Waals surface area contributed by atoms with E-state index in [1.807, 2.05) is 17.8 Å². The third-order valence-electron chi connectivity index (χ3n) is 2.81. The molecule has 1 aromatic rings. The van der Waals surface area contributed by atoms with Crippen LogP contribution < -0.4 is 5.32 Å². The Morgan fingerprint density at radius 3 is 2.88 bits per heavy atom. The molecule has 1 aromatic heterocycles. The highest BCUT2D eigenvalue weighted by molar-refractivity contribution is 8.00. The van der Waals surface area contributed by atoms with Crippen molar-refractivity contribution in [3.63, 3.8) is 0 Å². The maximum atomic E-state index is 10.5. The third kappa shape index (κ3) is 2.75. The molecule has 1 aliphatic rings. The summed E-state index contributed by atoms with van der Waals surface area (Å²) in [5, 5.41) is 14.1. The van der Waals surface area contributed by atoms with Crippen LogP contribution in [0.15, 0.2) is 12.1 Å². The number of thiophene rings is 1. The van der Waals surface area contributed by atoms with Gasteiger partial charge in [-0.15, -0.1) is 0 Å². The summed E-state index contributed by atoms with van der Waals surface area (Å²) < 4.78 is 0.448. The average Bonchev–Trinajstić information content (AvgIpc) is 2.88. The molecule has 6 heteroatoms. The van der Waals surface area contributed by atoms with E-state index in [1.54, 1.807) is 6.07 Å². The quantitative estimate of drug-likeness (QED) is 0.629. The molecular weight excluding hydrogens is 244 g/mol. The van der Waals surface area contributed by atoms with Crippen molar-refractivity contribution >= 4 is 28.1 Å². The molecule has 2 rings (SSSR count). The molecule has 88 valence electrons. The second kappa shape index (κ2) is 4.73. The predicted molar refractivity (Wildman–Crippen MR) is 68.2 cm³/mol. The topological polar surface area (TPSA) is 55.2 Å². The van der Waals surface area contributed by atoms with E-state index in [0.717, 1.165) is 18.0 Å². The van der Waals surface area contributed by atoms with Gasteiger partial charge in [0.15, 0.2) is 0 Å². The Kier molecular flexibility index (Phi) is 3.51. The highest BCUT2D eigenvalue weighted by Crippen LogP contribution is 2.46. The lowest BCUT2D eigenvalue weighted by molar-refractivity contribution is -0.380. The third-order valence-corrected chi connectivity index (χ3v) is 5.27. The van der Waals surface area contributed by atoms with Gasteiger partial charge < -0.3 is 5.32 Å². The standard InChI is InChI=1S/C10H14N2O2S2/c1-15-10(4-5-10)7-11-6-8-2-3-9(16-8)12(13)14/h2-3,11H,4-7H2,1H3. The van der Waals surface area contributed by atoms with E-state index < -0.39 is 0 Å². The summed E-state index contributed by atoms with van der Waals surface area (Å²) in [4.78, 5) is 11.2. The van der Waals surface area contributed by atoms with Crippen LogP contribution in [0.4, 0.5) is 5.00 Å². The van der Waals surface area contributed by atoms with E-state index in [9.17, 15) is 10.1 Å². The number of nitrogens with zero attached hydrogens (tertiary/aromatic N) is 1. The van der Waals surface area contributed by atoms with Gasteiger partial charge in [0.2, 0.25) is 0 Å². The molecule has 1 saturated carbocycles. The van der Waals surface area contributed by atoms with Crippen molar-refractivity contribution in [2.75, 3.05) is 12.8 Å². The second-order valence-electron chi connectivity index (χ2n) is 3.99. The van der Waals surface area contributed by atoms with E-state index in [2.05, 4.69) is 11.6 Å². The van der Waals surface area contributed by atoms with Crippen LogP contribution in [0.2, 0.25) is 0 Å². The Hall–Kier alpha value is -0.590. The minimum atomic E-state index is -0.335. The van der Waals surface area contributed by atoms with E-state index in [0.29, 0.717) is 4.75 Å². The number of nitrogens with one attached hydrogen (secondary N) is 1. The Morgan fingerprint density at radius 1 is 1.62 bits per heavy atom. The first-order chi connectivity index (χ1) is 7.65. The molecule has 1 aliphatic carbocycles. The zero-order valence-electron chi connectivity index (χ0n) is 9.06. The predicted octanol–water partition coefficient (Wildman–Crippen LogP) is 2.64. The smallest absolute Gasteiger partial charge is 0.310 e. The normalized spacial score (nSPS) is 17.3. The molecule has 1 N–H and O–H groups in total. The van der Waals surface area contributed by atoms with Crippen LogP contribution in [-0.4, -0.2) is 22.5 Å². The zero-order valence-corrected chi connectivity index (χ0v) is 10.7. The van der Waals surface area contributed by atoms with Crippen molar-refractivity contribution < 1.29 is 4.92 Å². The first-order valence-corrected chi connectivity index (χ1v) is 7.18. The number of thioether (sulfide) groups is 1. The molecule has 0 saturated heterocycles. The minimum Gasteiger partial charge on any atom is -0.310 e. The van der Waals surface area contributed by atoms with Crippen molar-refractivity contribution in [2.45, 2.75) is 24.1 Å². The van der Waals surface area contributed by atoms with Crippen LogP contribution in [0.1, 0.15) is 17.7 Å². The highest BCUT2D eigenvalue weighted by Gasteiger charge is 2.41. The maximum absolute atomic E-state index is 10.5. The number of hydrogen-bond donors (Lipinski definition) is 1. The van der Waals surface area contributed by atoms with E-state index >= 15 is 0 Å². The number of rotatable bonds is 6. The lowest BCUT2D eigenvalue weighted by Gasteiger charge is -2.11. The lowest BCUT2D eigenvalue weighted by atomic mass is 10.4. The number of nitro groups is 1. The van der Waals surface area contributed by atoms with Crippen LogP contribution in [0, 0.1) is 10.1 Å². The molecule has 0 bridgehead atoms. The Bertz CT molecular complexity index is 388. The van der Waals surface area contributed by atoms with Gasteiger partial charge in [-0.25, -0.2) is 0 Å². The van der Waals surface area contributed by atoms with Crippen molar-refractivity contribution in [3.05, 3.63) is 27.1 Å². The SMILES string of the molecule is CSC1(CNCc2ccc([N+](=O)[O-])s2)CC1. The summed E-state index contributed by atoms with van der Waals surface area (Å²) >= 11 is 3.17. The summed E-state index contributed by atoms with van der Waals surface area (Å²) in [5.74, 6) is 0. The summed E-state index contributed by atoms with van der Waals surface area (Å²) in [6, 6.07) is 3.40. The highest BCUT2D eigenvalue weighted by atomic mass is 32.2. The monoisotopic (exact) mass is 258 g/mol. The molecule has 1 heterocycles. The van der Waals surface area contributed by atoms with Crippen molar-refractivity contribution in [2.24, 2.45) is 0 Å². The van der Waals surface area contributed by atoms with Crippen molar-refractivity contribution in [1.82, 2.24) is 5.32 Å². The maximum Gasteiger partial charge on any atom is 0.324 e. The molecule has 0 spiro atoms. The summed E-state index contributed by atoms with van der Waals surface area (Å²) in [6.45, 7) is 1.74. The fourth-order valence-corrected chi connectivity index (χ4v) is 3.11. The molecule has 4 nitrogen and oxygen atoms in total. The molecule has 0 aliphatic heterocycles. The van der Waals surface area contributed by atoms with Crippen LogP contribution in [0.3, 0.4) is 0 Å². The van der Waals surface area contributed by atoms with Crippen LogP contribution in [-0.2, 0) is 6.54 Å². The Morgan fingerprint density at radius 2 is 2.38 bits per heavy atom. The Balaban J connectivity index is 1.79. The molecule has 0 radical (unpaired) electrons. The first-order valence-electron chi connectivity index (χ1n) is 5.14. The van der Waals surface area contributed by atoms with Crippen LogP contribution in [0.25, 0.3) is 0 Å². The fourth-order valence-electron chi connectivity index (χ4n) is 1.57. The number of hydrogen-bond acceptors (Lipinski definition) is 5. The Labute approximate surface area is 103 Å². The van der Waals surface area contributed by atoms with Crippen LogP contribution >= 0.6 is 23.1 Å². The van der Waals surface area contributed by atoms with Gasteiger partial charge in [-0.2, -0.15) is 11.8 Å². The summed E-state index contributed by atoms with van der Waals surface area (Å²) in [5.41, 5.74) is 0. The first kappa shape index (κ1) is 11.9. The largest absolute Gasteiger partial charge is 0.324 e. The average molecular weight is 258 g/mol. The van der Waals surface area contributed by atoms with E-state index in [4.69, 9.17) is 0 Å². The van der Waals surface area contributed by atoms with Gasteiger partial charge >= 0.3 is 5.00 Å². The van der Waals surface area contributed by atoms with Gasteiger partial charge in [0.1, 0.15) is 0 Å². The minimum absolute atomic E-state index is 0.225. The molecule has 0 atom stereocenters. The van der Waals surface area contributed by atoms with Crippen LogP contribution in [0.5, 0.6) is 0 Å². The van der Waals surface area contributed by atoms with Crippen molar-refractivity contribution in [1.29, 1.82) is 0 Å². The molecular formula is C10H14N2O2S2. The van der Waals surface area contributed by atoms with Gasteiger partial charge in [-0.3, -0.25) is 10.1 Å². The molecule has 0 unspecified atom stereocenters. The van der Waals surface area contributed by atoms with Gasteiger partial charge in [0, 0.05) is 28.8 Å². The van der Waals surface area contributed by atoms with Gasteiger partial charge in [0.05, 0.1) is 4.92 Å². The lowest BCUT2D eigenvalue weighted by Crippen LogP contribution is -2.25. The molecule has 1 fully saturated rings. The summed E-state index contributed by atoms with van der Waals surface area (Å²) in [7, 11) is 0. The second-order valence-corrected chi connectivity index (χ2v) is 6.41. The van der Waals surface area contributed by atoms with Gasteiger partial charge in [0.25, 0.3) is 0 Å². The van der Waals surface area contributed by atoms with Crippen molar-refractivity contribution in [3.8, 4) is 0 Å². The molecule has 16 heavy (non-hydrogen) atoms. The summed E-state index contributed by atoms with van der Waals surface area (Å²) in [6.07, 6.45) is 4.71. The van der Waals surface area contributed by atoms with E-state index in [-0.39, 0.29) is 9.92 Å². The van der Waals surface area contributed by atoms with Gasteiger partial charge in [-0.1, -0.05) is 11.3 Å². The van der Waals surface area contributed by atoms with Gasteiger partial charge in [-0.05, 0) is 25.2 Å². The zero-order chi connectivity index (χ0) is 11.6. The molecule has 0 amide bonds. The molecule has 0 aromatic carbocycles. The fraction of sp³-hybridized carbons (Fsp3) is 0.600. The van der Waals surface area contributed by atoms with E-state index in [1.165, 1.54) is 24.2 Å².